The van der Waals surface area contributed by atoms with Crippen LogP contribution in [0.1, 0.15) is 31.8 Å². The Morgan fingerprint density at radius 1 is 0.568 bits per heavy atom. The van der Waals surface area contributed by atoms with Crippen LogP contribution in [0.2, 0.25) is 0 Å². The molecule has 0 aliphatic carbocycles. The lowest BCUT2D eigenvalue weighted by Crippen LogP contribution is -2.17. The highest BCUT2D eigenvalue weighted by Gasteiger charge is 2.26. The molecule has 0 aromatic heterocycles. The average molecular weight is 509 g/mol. The van der Waals surface area contributed by atoms with E-state index in [9.17, 15) is 18.0 Å². The molecular weight excluding hydrogens is 484 g/mol. The quantitative estimate of drug-likeness (QED) is 0.292. The number of rotatable bonds is 8. The number of para-hydroxylation sites is 2. The van der Waals surface area contributed by atoms with Gasteiger partial charge in [-0.3, -0.25) is 9.59 Å². The molecule has 0 fully saturated rings. The standard InChI is InChI=1S/C30H24N2O4S/c1-3-21-13-17-23(18-14-21)29(33)31-25-9-5-7-11-27(25)37(35,36)28-12-8-6-10-26(28)32-30(34)24-19-15-22(4-2)16-20-24/h3-20H,1-2H2,(H,31,33)(H,32,34). The first-order chi connectivity index (χ1) is 17.8. The maximum atomic E-state index is 13.8. The van der Waals surface area contributed by atoms with Crippen LogP contribution in [0.25, 0.3) is 12.2 Å². The number of carbonyl (C=O) groups excluding carboxylic acids is 2. The number of anilines is 2. The molecule has 0 aliphatic heterocycles. The molecule has 7 heteroatoms. The SMILES string of the molecule is C=Cc1ccc(C(=O)Nc2ccccc2S(=O)(=O)c2ccccc2NC(=O)c2ccc(C=C)cc2)cc1. The van der Waals surface area contributed by atoms with E-state index >= 15 is 0 Å². The van der Waals surface area contributed by atoms with Crippen molar-refractivity contribution in [3.63, 3.8) is 0 Å². The predicted octanol–water partition coefficient (Wildman–Crippen LogP) is 6.31. The first-order valence-electron chi connectivity index (χ1n) is 11.3. The highest BCUT2D eigenvalue weighted by Crippen LogP contribution is 2.32. The van der Waals surface area contributed by atoms with Crippen LogP contribution in [0.4, 0.5) is 11.4 Å². The Labute approximate surface area is 215 Å². The van der Waals surface area contributed by atoms with E-state index in [2.05, 4.69) is 23.8 Å². The lowest BCUT2D eigenvalue weighted by Gasteiger charge is -2.15. The molecule has 0 aliphatic rings. The van der Waals surface area contributed by atoms with Crippen LogP contribution in [0.5, 0.6) is 0 Å². The Morgan fingerprint density at radius 2 is 0.919 bits per heavy atom. The van der Waals surface area contributed by atoms with Gasteiger partial charge in [0, 0.05) is 11.1 Å². The van der Waals surface area contributed by atoms with Crippen LogP contribution in [0.15, 0.2) is 120 Å². The minimum absolute atomic E-state index is 0.0944. The predicted molar refractivity (Wildman–Crippen MR) is 147 cm³/mol. The molecule has 0 heterocycles. The van der Waals surface area contributed by atoms with Gasteiger partial charge in [-0.1, -0.05) is 73.8 Å². The largest absolute Gasteiger partial charge is 0.321 e. The van der Waals surface area contributed by atoms with Gasteiger partial charge >= 0.3 is 0 Å². The van der Waals surface area contributed by atoms with E-state index in [1.807, 2.05) is 0 Å². The summed E-state index contributed by atoms with van der Waals surface area (Å²) >= 11 is 0. The van der Waals surface area contributed by atoms with Crippen LogP contribution in [0, 0.1) is 0 Å². The zero-order valence-corrected chi connectivity index (χ0v) is 20.7. The average Bonchev–Trinajstić information content (AvgIpc) is 2.93. The smallest absolute Gasteiger partial charge is 0.255 e. The van der Waals surface area contributed by atoms with Crippen LogP contribution >= 0.6 is 0 Å². The van der Waals surface area contributed by atoms with Crippen molar-refractivity contribution in [1.29, 1.82) is 0 Å². The van der Waals surface area contributed by atoms with E-state index in [0.717, 1.165) is 11.1 Å². The Morgan fingerprint density at radius 3 is 1.27 bits per heavy atom. The lowest BCUT2D eigenvalue weighted by atomic mass is 10.1. The molecule has 4 rings (SSSR count). The third kappa shape index (κ3) is 5.58. The van der Waals surface area contributed by atoms with Crippen LogP contribution in [-0.2, 0) is 9.84 Å². The second-order valence-electron chi connectivity index (χ2n) is 8.06. The number of hydrogen-bond donors (Lipinski definition) is 2. The summed E-state index contributed by atoms with van der Waals surface area (Å²) in [4.78, 5) is 25.5. The normalized spacial score (nSPS) is 10.8. The third-order valence-corrected chi connectivity index (χ3v) is 7.54. The van der Waals surface area contributed by atoms with Crippen molar-refractivity contribution in [3.8, 4) is 0 Å². The molecule has 0 spiro atoms. The molecule has 6 nitrogen and oxygen atoms in total. The van der Waals surface area contributed by atoms with E-state index in [1.165, 1.54) is 24.3 Å². The van der Waals surface area contributed by atoms with Crippen molar-refractivity contribution in [3.05, 3.63) is 132 Å². The van der Waals surface area contributed by atoms with E-state index < -0.39 is 21.7 Å². The Bertz CT molecular complexity index is 1470. The van der Waals surface area contributed by atoms with Crippen molar-refractivity contribution >= 4 is 45.2 Å². The molecule has 4 aromatic rings. The maximum absolute atomic E-state index is 13.8. The fourth-order valence-electron chi connectivity index (χ4n) is 3.66. The van der Waals surface area contributed by atoms with Gasteiger partial charge in [0.15, 0.2) is 0 Å². The number of carbonyl (C=O) groups is 2. The fourth-order valence-corrected chi connectivity index (χ4v) is 5.23. The Kier molecular flexibility index (Phi) is 7.46. The molecule has 0 saturated heterocycles. The van der Waals surface area contributed by atoms with Crippen molar-refractivity contribution in [2.45, 2.75) is 9.79 Å². The summed E-state index contributed by atoms with van der Waals surface area (Å²) < 4.78 is 27.5. The summed E-state index contributed by atoms with van der Waals surface area (Å²) in [6.45, 7) is 7.39. The van der Waals surface area contributed by atoms with Gasteiger partial charge < -0.3 is 10.6 Å². The molecule has 0 radical (unpaired) electrons. The van der Waals surface area contributed by atoms with Gasteiger partial charge in [-0.15, -0.1) is 0 Å². The van der Waals surface area contributed by atoms with Crippen molar-refractivity contribution in [2.24, 2.45) is 0 Å². The first kappa shape index (κ1) is 25.3. The van der Waals surface area contributed by atoms with E-state index in [1.54, 1.807) is 84.9 Å². The van der Waals surface area contributed by atoms with E-state index in [-0.39, 0.29) is 21.2 Å². The van der Waals surface area contributed by atoms with E-state index in [0.29, 0.717) is 11.1 Å². The molecule has 2 N–H and O–H groups in total. The van der Waals surface area contributed by atoms with Gasteiger partial charge in [-0.25, -0.2) is 8.42 Å². The summed E-state index contributed by atoms with van der Waals surface area (Å²) in [7, 11) is -4.13. The molecule has 4 aromatic carbocycles. The van der Waals surface area contributed by atoms with Crippen molar-refractivity contribution in [2.75, 3.05) is 10.6 Å². The zero-order chi connectivity index (χ0) is 26.4. The molecule has 0 saturated carbocycles. The Hall–Kier alpha value is -4.75. The monoisotopic (exact) mass is 508 g/mol. The summed E-state index contributed by atoms with van der Waals surface area (Å²) in [5.74, 6) is -0.911. The number of sulfone groups is 1. The summed E-state index contributed by atoms with van der Waals surface area (Å²) in [5.41, 5.74) is 2.70. The van der Waals surface area contributed by atoms with Crippen LogP contribution in [0.3, 0.4) is 0 Å². The first-order valence-corrected chi connectivity index (χ1v) is 12.8. The summed E-state index contributed by atoms with van der Waals surface area (Å²) in [5, 5.41) is 5.40. The molecule has 184 valence electrons. The highest BCUT2D eigenvalue weighted by atomic mass is 32.2. The van der Waals surface area contributed by atoms with Gasteiger partial charge in [0.2, 0.25) is 9.84 Å². The van der Waals surface area contributed by atoms with Crippen LogP contribution in [-0.4, -0.2) is 20.2 Å². The number of nitrogens with one attached hydrogen (secondary N) is 2. The van der Waals surface area contributed by atoms with Gasteiger partial charge in [-0.05, 0) is 59.7 Å². The fraction of sp³-hybridized carbons (Fsp3) is 0. The second kappa shape index (κ2) is 10.9. The molecule has 37 heavy (non-hydrogen) atoms. The van der Waals surface area contributed by atoms with Gasteiger partial charge in [0.1, 0.15) is 0 Å². The molecule has 0 atom stereocenters. The lowest BCUT2D eigenvalue weighted by molar-refractivity contribution is 0.101. The van der Waals surface area contributed by atoms with Gasteiger partial charge in [-0.2, -0.15) is 0 Å². The number of benzene rings is 4. The molecule has 0 unspecified atom stereocenters. The number of hydrogen-bond acceptors (Lipinski definition) is 4. The second-order valence-corrected chi connectivity index (χ2v) is 9.94. The van der Waals surface area contributed by atoms with Gasteiger partial charge in [0.05, 0.1) is 21.2 Å². The highest BCUT2D eigenvalue weighted by molar-refractivity contribution is 7.91. The minimum Gasteiger partial charge on any atom is -0.321 e. The topological polar surface area (TPSA) is 92.3 Å². The maximum Gasteiger partial charge on any atom is 0.255 e. The summed E-state index contributed by atoms with van der Waals surface area (Å²) in [6, 6.07) is 25.8. The zero-order valence-electron chi connectivity index (χ0n) is 19.8. The molecule has 0 bridgehead atoms. The molecule has 2 amide bonds. The van der Waals surface area contributed by atoms with E-state index in [4.69, 9.17) is 0 Å². The third-order valence-electron chi connectivity index (χ3n) is 5.67. The minimum atomic E-state index is -4.13. The Balaban J connectivity index is 1.65. The van der Waals surface area contributed by atoms with Crippen molar-refractivity contribution in [1.82, 2.24) is 0 Å². The summed E-state index contributed by atoms with van der Waals surface area (Å²) in [6.07, 6.45) is 3.33. The van der Waals surface area contributed by atoms with Gasteiger partial charge in [0.25, 0.3) is 11.8 Å². The van der Waals surface area contributed by atoms with Crippen molar-refractivity contribution < 1.29 is 18.0 Å². The molecular formula is C30H24N2O4S. The van der Waals surface area contributed by atoms with Crippen LogP contribution < -0.4 is 10.6 Å². The number of amides is 2.